The second-order valence-electron chi connectivity index (χ2n) is 9.04. The van der Waals surface area contributed by atoms with E-state index in [2.05, 4.69) is 25.2 Å². The van der Waals surface area contributed by atoms with Crippen LogP contribution in [0.4, 0.5) is 0 Å². The van der Waals surface area contributed by atoms with Crippen molar-refractivity contribution in [1.29, 1.82) is 0 Å². The molecule has 1 saturated carbocycles. The van der Waals surface area contributed by atoms with Crippen LogP contribution in [0.1, 0.15) is 91.4 Å². The van der Waals surface area contributed by atoms with E-state index in [1.165, 1.54) is 25.7 Å². The average Bonchev–Trinajstić information content (AvgIpc) is 3.30. The second-order valence-corrected chi connectivity index (χ2v) is 9.04. The van der Waals surface area contributed by atoms with E-state index in [-0.39, 0.29) is 30.4 Å². The molecule has 0 radical (unpaired) electrons. The zero-order valence-electron chi connectivity index (χ0n) is 19.1. The molecule has 1 aliphatic heterocycles. The number of carbonyl (C=O) groups is 1. The van der Waals surface area contributed by atoms with E-state index in [1.54, 1.807) is 0 Å². The first kappa shape index (κ1) is 25.1. The number of aliphatic hydroxyl groups excluding tert-OH is 1. The fourth-order valence-corrected chi connectivity index (χ4v) is 4.38. The Kier molecular flexibility index (Phi) is 11.7. The van der Waals surface area contributed by atoms with Gasteiger partial charge in [0.15, 0.2) is 0 Å². The van der Waals surface area contributed by atoms with Gasteiger partial charge in [-0.1, -0.05) is 63.3 Å². The topological polar surface area (TPSA) is 65.0 Å². The van der Waals surface area contributed by atoms with Gasteiger partial charge in [0.05, 0.1) is 18.3 Å². The number of carbonyl (C=O) groups excluding carboxylic acids is 1. The number of fused-ring (bicyclic) bond motifs is 2. The van der Waals surface area contributed by atoms with Crippen LogP contribution in [0.15, 0.2) is 24.3 Å². The standard InChI is InChI=1S/C25H42O5/c1-4-5-6-7-10-13-20(26)16-17-22-21(23-18-24(22)30-29-23)14-11-8-9-12-15-25(27)28-19(2)3/h8,11,16-17,19-24,26H,4-7,9-10,12-15,18H2,1-3H3/t20-,21+,22+,23-,24+/m0/s1. The summed E-state index contributed by atoms with van der Waals surface area (Å²) < 4.78 is 5.15. The first-order valence-electron chi connectivity index (χ1n) is 12.0. The number of esters is 1. The molecule has 30 heavy (non-hydrogen) atoms. The number of aliphatic hydroxyl groups is 1. The van der Waals surface area contributed by atoms with Crippen LogP contribution in [-0.2, 0) is 19.3 Å². The van der Waals surface area contributed by atoms with Crippen molar-refractivity contribution in [3.63, 3.8) is 0 Å². The van der Waals surface area contributed by atoms with Gasteiger partial charge in [-0.15, -0.1) is 0 Å². The zero-order valence-corrected chi connectivity index (χ0v) is 19.1. The van der Waals surface area contributed by atoms with Gasteiger partial charge in [-0.2, -0.15) is 0 Å². The summed E-state index contributed by atoms with van der Waals surface area (Å²) in [5, 5.41) is 10.3. The predicted molar refractivity (Wildman–Crippen MR) is 119 cm³/mol. The van der Waals surface area contributed by atoms with Crippen LogP contribution in [0, 0.1) is 11.8 Å². The van der Waals surface area contributed by atoms with Crippen molar-refractivity contribution >= 4 is 5.97 Å². The molecule has 0 aromatic heterocycles. The van der Waals surface area contributed by atoms with E-state index < -0.39 is 0 Å². The maximum Gasteiger partial charge on any atom is 0.306 e. The van der Waals surface area contributed by atoms with Crippen molar-refractivity contribution in [1.82, 2.24) is 0 Å². The molecule has 5 atom stereocenters. The summed E-state index contributed by atoms with van der Waals surface area (Å²) in [6.07, 6.45) is 19.2. The van der Waals surface area contributed by atoms with Crippen molar-refractivity contribution in [3.05, 3.63) is 24.3 Å². The Balaban J connectivity index is 1.69. The lowest BCUT2D eigenvalue weighted by Crippen LogP contribution is -2.28. The Morgan fingerprint density at radius 2 is 1.87 bits per heavy atom. The Labute approximate surface area is 182 Å². The van der Waals surface area contributed by atoms with Crippen LogP contribution in [0.2, 0.25) is 0 Å². The summed E-state index contributed by atoms with van der Waals surface area (Å²) in [6, 6.07) is 0. The number of allylic oxidation sites excluding steroid dienone is 2. The Bertz CT molecular complexity index is 542. The molecule has 5 nitrogen and oxygen atoms in total. The number of hydrogen-bond acceptors (Lipinski definition) is 5. The smallest absolute Gasteiger partial charge is 0.306 e. The first-order valence-corrected chi connectivity index (χ1v) is 12.0. The molecular formula is C25H42O5. The fourth-order valence-electron chi connectivity index (χ4n) is 4.38. The van der Waals surface area contributed by atoms with Crippen molar-refractivity contribution in [2.75, 3.05) is 0 Å². The lowest BCUT2D eigenvalue weighted by molar-refractivity contribution is -0.336. The monoisotopic (exact) mass is 422 g/mol. The Morgan fingerprint density at radius 1 is 1.10 bits per heavy atom. The van der Waals surface area contributed by atoms with Crippen LogP contribution in [-0.4, -0.2) is 35.5 Å². The molecule has 5 heteroatoms. The normalized spacial score (nSPS) is 27.0. The van der Waals surface area contributed by atoms with Gasteiger partial charge >= 0.3 is 5.97 Å². The molecule has 2 bridgehead atoms. The highest BCUT2D eigenvalue weighted by molar-refractivity contribution is 5.69. The van der Waals surface area contributed by atoms with E-state index in [1.807, 2.05) is 19.9 Å². The van der Waals surface area contributed by atoms with Gasteiger partial charge in [-0.3, -0.25) is 4.79 Å². The molecule has 1 saturated heterocycles. The third kappa shape index (κ3) is 8.91. The number of rotatable bonds is 15. The molecule has 0 aromatic rings. The van der Waals surface area contributed by atoms with Crippen molar-refractivity contribution in [2.24, 2.45) is 11.8 Å². The summed E-state index contributed by atoms with van der Waals surface area (Å²) in [5.74, 6) is 0.564. The lowest BCUT2D eigenvalue weighted by atomic mass is 9.89. The summed E-state index contributed by atoms with van der Waals surface area (Å²) >= 11 is 0. The van der Waals surface area contributed by atoms with Crippen molar-refractivity contribution < 1.29 is 24.4 Å². The molecule has 2 aliphatic rings. The molecule has 0 amide bonds. The molecule has 1 N–H and O–H groups in total. The maximum atomic E-state index is 11.6. The second kappa shape index (κ2) is 14.0. The van der Waals surface area contributed by atoms with E-state index in [9.17, 15) is 9.90 Å². The summed E-state index contributed by atoms with van der Waals surface area (Å²) in [6.45, 7) is 5.96. The number of hydrogen-bond donors (Lipinski definition) is 1. The molecule has 172 valence electrons. The molecule has 1 heterocycles. The molecule has 2 fully saturated rings. The van der Waals surface area contributed by atoms with E-state index in [0.29, 0.717) is 18.3 Å². The van der Waals surface area contributed by atoms with Crippen LogP contribution < -0.4 is 0 Å². The first-order chi connectivity index (χ1) is 14.5. The fraction of sp³-hybridized carbons (Fsp3) is 0.800. The van der Waals surface area contributed by atoms with E-state index in [4.69, 9.17) is 14.5 Å². The minimum absolute atomic E-state index is 0.0439. The Hall–Kier alpha value is -1.17. The highest BCUT2D eigenvalue weighted by Crippen LogP contribution is 2.44. The molecule has 0 unspecified atom stereocenters. The number of unbranched alkanes of at least 4 members (excludes halogenated alkanes) is 5. The summed E-state index contributed by atoms with van der Waals surface area (Å²) in [7, 11) is 0. The van der Waals surface area contributed by atoms with Crippen LogP contribution in [0.5, 0.6) is 0 Å². The predicted octanol–water partition coefficient (Wildman–Crippen LogP) is 5.67. The third-order valence-corrected chi connectivity index (χ3v) is 6.02. The highest BCUT2D eigenvalue weighted by Gasteiger charge is 2.49. The molecule has 0 aromatic carbocycles. The van der Waals surface area contributed by atoms with Gasteiger partial charge in [-0.25, -0.2) is 9.78 Å². The lowest BCUT2D eigenvalue weighted by Gasteiger charge is -2.27. The van der Waals surface area contributed by atoms with Crippen LogP contribution in [0.25, 0.3) is 0 Å². The average molecular weight is 423 g/mol. The molecular weight excluding hydrogens is 380 g/mol. The van der Waals surface area contributed by atoms with Crippen LogP contribution in [0.3, 0.4) is 0 Å². The molecule has 0 spiro atoms. The molecule has 1 aliphatic carbocycles. The van der Waals surface area contributed by atoms with Gasteiger partial charge in [0.1, 0.15) is 6.10 Å². The Morgan fingerprint density at radius 3 is 2.63 bits per heavy atom. The molecule has 2 rings (SSSR count). The number of ether oxygens (including phenoxy) is 1. The minimum atomic E-state index is -0.367. The van der Waals surface area contributed by atoms with E-state index in [0.717, 1.165) is 38.5 Å². The quantitative estimate of drug-likeness (QED) is 0.159. The van der Waals surface area contributed by atoms with Gasteiger partial charge < -0.3 is 9.84 Å². The largest absolute Gasteiger partial charge is 0.463 e. The third-order valence-electron chi connectivity index (χ3n) is 6.02. The minimum Gasteiger partial charge on any atom is -0.463 e. The van der Waals surface area contributed by atoms with Gasteiger partial charge in [0.2, 0.25) is 0 Å². The zero-order chi connectivity index (χ0) is 21.8. The van der Waals surface area contributed by atoms with Crippen molar-refractivity contribution in [3.8, 4) is 0 Å². The van der Waals surface area contributed by atoms with Gasteiger partial charge in [-0.05, 0) is 39.5 Å². The SMILES string of the molecule is CCCCCCC[C@H](O)C=C[C@@H]1[C@@H](CC=CCCCC(=O)OC(C)C)[C@@H]2C[C@H]1OO2. The maximum absolute atomic E-state index is 11.6. The highest BCUT2D eigenvalue weighted by atomic mass is 17.2. The summed E-state index contributed by atoms with van der Waals surface area (Å²) in [4.78, 5) is 22.5. The van der Waals surface area contributed by atoms with Crippen LogP contribution >= 0.6 is 0 Å². The summed E-state index contributed by atoms with van der Waals surface area (Å²) in [5.41, 5.74) is 0. The van der Waals surface area contributed by atoms with Crippen molar-refractivity contribution in [2.45, 2.75) is 116 Å². The van der Waals surface area contributed by atoms with Gasteiger partial charge in [0.25, 0.3) is 0 Å². The van der Waals surface area contributed by atoms with E-state index >= 15 is 0 Å². The van der Waals surface area contributed by atoms with Gasteiger partial charge in [0, 0.05) is 24.7 Å².